The van der Waals surface area contributed by atoms with Gasteiger partial charge in [0, 0.05) is 3.57 Å². The Bertz CT molecular complexity index is 443. The zero-order valence-corrected chi connectivity index (χ0v) is 12.9. The summed E-state index contributed by atoms with van der Waals surface area (Å²) < 4.78 is 6.23. The first kappa shape index (κ1) is 15.2. The Balaban J connectivity index is 2.78. The van der Waals surface area contributed by atoms with Crippen molar-refractivity contribution in [3.63, 3.8) is 0 Å². The van der Waals surface area contributed by atoms with Gasteiger partial charge in [-0.3, -0.25) is 0 Å². The van der Waals surface area contributed by atoms with Crippen molar-refractivity contribution in [2.45, 2.75) is 32.5 Å². The van der Waals surface area contributed by atoms with Crippen LogP contribution >= 0.6 is 22.6 Å². The first-order valence-corrected chi connectivity index (χ1v) is 6.64. The maximum Gasteiger partial charge on any atom is 0.336 e. The van der Waals surface area contributed by atoms with Crippen LogP contribution in [0, 0.1) is 3.57 Å². The van der Waals surface area contributed by atoms with E-state index in [2.05, 4.69) is 29.2 Å². The summed E-state index contributed by atoms with van der Waals surface area (Å²) in [4.78, 5) is 11.8. The summed E-state index contributed by atoms with van der Waals surface area (Å²) in [5, 5.41) is 10.0. The van der Waals surface area contributed by atoms with E-state index in [1.165, 1.54) is 0 Å². The van der Waals surface area contributed by atoms with E-state index in [1.807, 2.05) is 12.1 Å². The second-order valence-electron chi connectivity index (χ2n) is 4.98. The van der Waals surface area contributed by atoms with Gasteiger partial charge in [-0.2, -0.15) is 0 Å². The number of aliphatic hydroxyl groups excluding tert-OH is 1. The van der Waals surface area contributed by atoms with E-state index in [0.717, 1.165) is 3.57 Å². The lowest BCUT2D eigenvalue weighted by Crippen LogP contribution is -2.26. The van der Waals surface area contributed by atoms with E-state index >= 15 is 0 Å². The van der Waals surface area contributed by atoms with Crippen LogP contribution < -0.4 is 0 Å². The average molecular weight is 360 g/mol. The molecule has 1 aromatic carbocycles. The van der Waals surface area contributed by atoms with Crippen molar-refractivity contribution in [2.75, 3.05) is 0 Å². The fourth-order valence-electron chi connectivity index (χ4n) is 1.30. The van der Waals surface area contributed by atoms with Gasteiger partial charge in [-0.1, -0.05) is 18.7 Å². The van der Waals surface area contributed by atoms with Crippen LogP contribution in [0.3, 0.4) is 0 Å². The molecule has 1 unspecified atom stereocenters. The van der Waals surface area contributed by atoms with Gasteiger partial charge in [-0.15, -0.1) is 0 Å². The predicted molar refractivity (Wildman–Crippen MR) is 79.1 cm³/mol. The number of esters is 1. The minimum Gasteiger partial charge on any atom is -0.457 e. The normalized spacial score (nSPS) is 12.9. The van der Waals surface area contributed by atoms with Crippen LogP contribution in [0.5, 0.6) is 0 Å². The highest BCUT2D eigenvalue weighted by Crippen LogP contribution is 2.23. The smallest absolute Gasteiger partial charge is 0.336 e. The van der Waals surface area contributed by atoms with Crippen molar-refractivity contribution in [1.82, 2.24) is 0 Å². The number of halogens is 1. The fraction of sp³-hybridized carbons (Fsp3) is 0.357. The van der Waals surface area contributed by atoms with Gasteiger partial charge in [-0.05, 0) is 61.1 Å². The number of hydrogen-bond donors (Lipinski definition) is 1. The second-order valence-corrected chi connectivity index (χ2v) is 6.23. The molecular formula is C14H17IO3. The topological polar surface area (TPSA) is 46.5 Å². The molecule has 0 spiro atoms. The lowest BCUT2D eigenvalue weighted by molar-refractivity contribution is -0.151. The number of carbonyl (C=O) groups excluding carboxylic acids is 1. The van der Waals surface area contributed by atoms with Crippen LogP contribution in [0.4, 0.5) is 0 Å². The van der Waals surface area contributed by atoms with Crippen LogP contribution in [0.2, 0.25) is 0 Å². The van der Waals surface area contributed by atoms with Crippen LogP contribution in [0.15, 0.2) is 36.4 Å². The molecule has 1 atom stereocenters. The Morgan fingerprint density at radius 2 is 1.83 bits per heavy atom. The maximum absolute atomic E-state index is 11.8. The van der Waals surface area contributed by atoms with Crippen molar-refractivity contribution in [1.29, 1.82) is 0 Å². The third-order valence-electron chi connectivity index (χ3n) is 2.18. The lowest BCUT2D eigenvalue weighted by Gasteiger charge is -2.22. The number of ether oxygens (including phenoxy) is 1. The predicted octanol–water partition coefficient (Wildman–Crippen LogP) is 3.22. The van der Waals surface area contributed by atoms with Crippen molar-refractivity contribution in [2.24, 2.45) is 0 Å². The van der Waals surface area contributed by atoms with Crippen molar-refractivity contribution in [3.05, 3.63) is 45.6 Å². The number of carbonyl (C=O) groups is 1. The SMILES string of the molecule is C=C(C(=O)OC(C)(C)C)C(O)c1ccc(I)cc1. The monoisotopic (exact) mass is 360 g/mol. The Hall–Kier alpha value is -0.880. The maximum atomic E-state index is 11.8. The molecule has 4 heteroatoms. The van der Waals surface area contributed by atoms with E-state index in [4.69, 9.17) is 4.74 Å². The molecule has 1 rings (SSSR count). The number of hydrogen-bond acceptors (Lipinski definition) is 3. The highest BCUT2D eigenvalue weighted by Gasteiger charge is 2.24. The van der Waals surface area contributed by atoms with Crippen molar-refractivity contribution in [3.8, 4) is 0 Å². The molecule has 1 N–H and O–H groups in total. The van der Waals surface area contributed by atoms with Gasteiger partial charge in [0.1, 0.15) is 11.7 Å². The Kier molecular flexibility index (Phi) is 4.92. The third kappa shape index (κ3) is 4.42. The molecule has 98 valence electrons. The minimum absolute atomic E-state index is 0.0473. The van der Waals surface area contributed by atoms with Crippen molar-refractivity contribution >= 4 is 28.6 Å². The molecule has 0 aliphatic carbocycles. The molecule has 0 aliphatic heterocycles. The molecule has 0 saturated carbocycles. The van der Waals surface area contributed by atoms with Crippen LogP contribution in [0.25, 0.3) is 0 Å². The highest BCUT2D eigenvalue weighted by molar-refractivity contribution is 14.1. The van der Waals surface area contributed by atoms with Gasteiger partial charge >= 0.3 is 5.97 Å². The Labute approximate surface area is 121 Å². The zero-order chi connectivity index (χ0) is 13.9. The summed E-state index contributed by atoms with van der Waals surface area (Å²) in [7, 11) is 0. The summed E-state index contributed by atoms with van der Waals surface area (Å²) >= 11 is 2.17. The summed E-state index contributed by atoms with van der Waals surface area (Å²) in [6.45, 7) is 8.93. The molecule has 0 heterocycles. The van der Waals surface area contributed by atoms with E-state index in [-0.39, 0.29) is 5.57 Å². The molecule has 0 aromatic heterocycles. The number of aliphatic hydroxyl groups is 1. The zero-order valence-electron chi connectivity index (χ0n) is 10.7. The minimum atomic E-state index is -1.03. The summed E-state index contributed by atoms with van der Waals surface area (Å²) in [5.41, 5.74) is 0.0867. The number of benzene rings is 1. The Morgan fingerprint density at radius 3 is 2.28 bits per heavy atom. The van der Waals surface area contributed by atoms with Gasteiger partial charge in [-0.25, -0.2) is 4.79 Å². The fourth-order valence-corrected chi connectivity index (χ4v) is 1.66. The molecule has 18 heavy (non-hydrogen) atoms. The summed E-state index contributed by atoms with van der Waals surface area (Å²) in [6.07, 6.45) is -1.03. The molecular weight excluding hydrogens is 343 g/mol. The largest absolute Gasteiger partial charge is 0.457 e. The van der Waals surface area contributed by atoms with E-state index in [1.54, 1.807) is 32.9 Å². The highest BCUT2D eigenvalue weighted by atomic mass is 127. The summed E-state index contributed by atoms with van der Waals surface area (Å²) in [6, 6.07) is 7.26. The molecule has 0 bridgehead atoms. The van der Waals surface area contributed by atoms with E-state index < -0.39 is 17.7 Å². The Morgan fingerprint density at radius 1 is 1.33 bits per heavy atom. The quantitative estimate of drug-likeness (QED) is 0.512. The lowest BCUT2D eigenvalue weighted by atomic mass is 10.0. The van der Waals surface area contributed by atoms with Gasteiger partial charge in [0.25, 0.3) is 0 Å². The van der Waals surface area contributed by atoms with E-state index in [0.29, 0.717) is 5.56 Å². The van der Waals surface area contributed by atoms with Gasteiger partial charge in [0.05, 0.1) is 5.57 Å². The third-order valence-corrected chi connectivity index (χ3v) is 2.90. The molecule has 3 nitrogen and oxygen atoms in total. The van der Waals surface area contributed by atoms with Gasteiger partial charge in [0.2, 0.25) is 0 Å². The van der Waals surface area contributed by atoms with Crippen LogP contribution in [-0.4, -0.2) is 16.7 Å². The molecule has 1 aromatic rings. The summed E-state index contributed by atoms with van der Waals surface area (Å²) in [5.74, 6) is -0.575. The molecule has 0 saturated heterocycles. The average Bonchev–Trinajstić information content (AvgIpc) is 2.26. The molecule has 0 amide bonds. The van der Waals surface area contributed by atoms with Gasteiger partial charge < -0.3 is 9.84 Å². The first-order valence-electron chi connectivity index (χ1n) is 5.56. The standard InChI is InChI=1S/C14H17IO3/c1-9(13(17)18-14(2,3)4)12(16)10-5-7-11(15)8-6-10/h5-8,12,16H,1H2,2-4H3. The molecule has 0 fully saturated rings. The molecule has 0 aliphatic rings. The van der Waals surface area contributed by atoms with Gasteiger partial charge in [0.15, 0.2) is 0 Å². The second kappa shape index (κ2) is 5.84. The van der Waals surface area contributed by atoms with Crippen LogP contribution in [0.1, 0.15) is 32.4 Å². The number of rotatable bonds is 3. The first-order chi connectivity index (χ1) is 8.20. The van der Waals surface area contributed by atoms with Crippen molar-refractivity contribution < 1.29 is 14.6 Å². The molecule has 0 radical (unpaired) electrons. The van der Waals surface area contributed by atoms with Crippen LogP contribution in [-0.2, 0) is 9.53 Å². The van der Waals surface area contributed by atoms with E-state index in [9.17, 15) is 9.90 Å².